The van der Waals surface area contributed by atoms with E-state index in [1.54, 1.807) is 0 Å². The highest BCUT2D eigenvalue weighted by Crippen LogP contribution is 2.27. The average molecular weight is 329 g/mol. The van der Waals surface area contributed by atoms with Crippen LogP contribution in [0.25, 0.3) is 0 Å². The molecule has 0 spiro atoms. The fourth-order valence-corrected chi connectivity index (χ4v) is 2.39. The summed E-state index contributed by atoms with van der Waals surface area (Å²) in [6.07, 6.45) is 1.17. The zero-order valence-electron chi connectivity index (χ0n) is 11.8. The molecule has 4 amide bonds. The maximum atomic E-state index is 12.5. The van der Waals surface area contributed by atoms with Crippen LogP contribution in [0.5, 0.6) is 0 Å². The van der Waals surface area contributed by atoms with Crippen LogP contribution in [0.4, 0.5) is 14.7 Å². The summed E-state index contributed by atoms with van der Waals surface area (Å²) in [4.78, 5) is 36.2. The zero-order chi connectivity index (χ0) is 16.2. The quantitative estimate of drug-likeness (QED) is 0.423. The lowest BCUT2D eigenvalue weighted by Gasteiger charge is -2.24. The number of nitrogens with two attached hydrogens (primary N) is 1. The number of hydrogen-bond donors (Lipinski definition) is 2. The normalized spacial score (nSPS) is 21.0. The van der Waals surface area contributed by atoms with E-state index in [4.69, 9.17) is 15.2 Å². The highest BCUT2D eigenvalue weighted by molar-refractivity contribution is 7.13. The molecule has 1 aliphatic rings. The van der Waals surface area contributed by atoms with Crippen LogP contribution < -0.4 is 16.0 Å². The average Bonchev–Trinajstić information content (AvgIpc) is 3.03. The molecule has 2 heterocycles. The summed E-state index contributed by atoms with van der Waals surface area (Å²) in [7, 11) is 0. The minimum Gasteiger partial charge on any atom is -0.389 e. The Morgan fingerprint density at radius 3 is 2.86 bits per heavy atom. The van der Waals surface area contributed by atoms with Crippen LogP contribution in [0, 0.1) is 0 Å². The Bertz CT molecular complexity index is 565. The summed E-state index contributed by atoms with van der Waals surface area (Å²) in [5.41, 5.74) is 6.33. The van der Waals surface area contributed by atoms with Gasteiger partial charge in [-0.2, -0.15) is 4.90 Å². The van der Waals surface area contributed by atoms with Gasteiger partial charge in [-0.25, -0.2) is 9.59 Å². The summed E-state index contributed by atoms with van der Waals surface area (Å²) in [6.45, 7) is 2.10. The first-order valence-corrected chi connectivity index (χ1v) is 7.43. The van der Waals surface area contributed by atoms with Crippen molar-refractivity contribution in [3.8, 4) is 0 Å². The van der Waals surface area contributed by atoms with E-state index in [0.717, 1.165) is 24.2 Å². The lowest BCUT2D eigenvalue weighted by atomic mass is 10.3. The highest BCUT2D eigenvalue weighted by Gasteiger charge is 2.58. The van der Waals surface area contributed by atoms with E-state index in [-0.39, 0.29) is 11.7 Å². The molecule has 0 aromatic carbocycles. The van der Waals surface area contributed by atoms with Crippen molar-refractivity contribution < 1.29 is 23.9 Å². The van der Waals surface area contributed by atoms with Gasteiger partial charge in [-0.05, 0) is 6.42 Å². The third kappa shape index (κ3) is 3.14. The molecule has 0 bridgehead atoms. The Balaban J connectivity index is 2.20. The molecule has 11 heteroatoms. The summed E-state index contributed by atoms with van der Waals surface area (Å²) >= 11 is 0.974. The molecule has 1 atom stereocenters. The maximum absolute atomic E-state index is 12.5. The number of rotatable bonds is 7. The predicted octanol–water partition coefficient (Wildman–Crippen LogP) is 0.550. The van der Waals surface area contributed by atoms with Gasteiger partial charge in [0.1, 0.15) is 5.51 Å². The van der Waals surface area contributed by atoms with Crippen LogP contribution >= 0.6 is 11.3 Å². The first-order valence-electron chi connectivity index (χ1n) is 6.55. The van der Waals surface area contributed by atoms with Gasteiger partial charge in [-0.1, -0.05) is 31.1 Å². The Labute approximate surface area is 129 Å². The molecular formula is C11H15N5O5S. The molecule has 3 N–H and O–H groups in total. The Kier molecular flexibility index (Phi) is 4.88. The lowest BCUT2D eigenvalue weighted by Crippen LogP contribution is -2.54. The highest BCUT2D eigenvalue weighted by atomic mass is 32.1. The molecular weight excluding hydrogens is 314 g/mol. The number of nitrogens with one attached hydrogen (secondary N) is 1. The van der Waals surface area contributed by atoms with E-state index >= 15 is 0 Å². The number of carbonyl (C=O) groups is 3. The second kappa shape index (κ2) is 6.66. The number of ether oxygens (including phenoxy) is 2. The van der Waals surface area contributed by atoms with E-state index in [1.807, 2.05) is 6.92 Å². The standard InChI is InChI=1S/C11H15N5O5S/c1-2-3-4-5-20-11(21-8(12)18)7(17)16(9(19)14-11)10-15-13-6-22-10/h6H,2-5H2,1H3,(H2,12,18)(H,14,19). The molecule has 1 aromatic rings. The Hall–Kier alpha value is -2.27. The number of carbonyl (C=O) groups excluding carboxylic acids is 3. The van der Waals surface area contributed by atoms with E-state index < -0.39 is 23.9 Å². The van der Waals surface area contributed by atoms with Gasteiger partial charge >= 0.3 is 23.9 Å². The molecule has 1 fully saturated rings. The molecule has 0 aliphatic carbocycles. The van der Waals surface area contributed by atoms with Crippen molar-refractivity contribution in [2.75, 3.05) is 11.5 Å². The number of nitrogens with zero attached hydrogens (tertiary/aromatic N) is 3. The second-order valence-corrected chi connectivity index (χ2v) is 5.20. The van der Waals surface area contributed by atoms with Crippen molar-refractivity contribution in [2.24, 2.45) is 5.73 Å². The van der Waals surface area contributed by atoms with Gasteiger partial charge in [0.15, 0.2) is 0 Å². The molecule has 120 valence electrons. The second-order valence-electron chi connectivity index (χ2n) is 4.39. The predicted molar refractivity (Wildman–Crippen MR) is 74.8 cm³/mol. The number of urea groups is 1. The molecule has 1 unspecified atom stereocenters. The maximum Gasteiger partial charge on any atom is 0.408 e. The fraction of sp³-hybridized carbons (Fsp3) is 0.545. The van der Waals surface area contributed by atoms with Gasteiger partial charge < -0.3 is 15.2 Å². The third-order valence-electron chi connectivity index (χ3n) is 2.80. The largest absolute Gasteiger partial charge is 0.408 e. The van der Waals surface area contributed by atoms with E-state index in [9.17, 15) is 14.4 Å². The van der Waals surface area contributed by atoms with Crippen LogP contribution in [-0.2, 0) is 14.3 Å². The van der Waals surface area contributed by atoms with Crippen LogP contribution in [0.3, 0.4) is 0 Å². The Morgan fingerprint density at radius 1 is 1.50 bits per heavy atom. The molecule has 0 saturated carbocycles. The number of unbranched alkanes of at least 4 members (excludes halogenated alkanes) is 2. The van der Waals surface area contributed by atoms with Crippen LogP contribution in [0.2, 0.25) is 0 Å². The summed E-state index contributed by atoms with van der Waals surface area (Å²) in [5, 5.41) is 9.42. The van der Waals surface area contributed by atoms with Crippen LogP contribution in [-0.4, -0.2) is 40.7 Å². The molecule has 22 heavy (non-hydrogen) atoms. The SMILES string of the molecule is CCCCCOC1(OC(N)=O)NC(=O)N(c2nncs2)C1=O. The fourth-order valence-electron chi connectivity index (χ4n) is 1.83. The van der Waals surface area contributed by atoms with Gasteiger partial charge in [-0.15, -0.1) is 10.2 Å². The monoisotopic (exact) mass is 329 g/mol. The summed E-state index contributed by atoms with van der Waals surface area (Å²) in [6, 6.07) is -0.835. The zero-order valence-corrected chi connectivity index (χ0v) is 12.6. The van der Waals surface area contributed by atoms with Crippen LogP contribution in [0.15, 0.2) is 5.51 Å². The lowest BCUT2D eigenvalue weighted by molar-refractivity contribution is -0.205. The van der Waals surface area contributed by atoms with Gasteiger partial charge in [0.05, 0.1) is 6.61 Å². The van der Waals surface area contributed by atoms with E-state index in [0.29, 0.717) is 11.3 Å². The topological polar surface area (TPSA) is 137 Å². The summed E-state index contributed by atoms with van der Waals surface area (Å²) < 4.78 is 10.1. The summed E-state index contributed by atoms with van der Waals surface area (Å²) in [5.74, 6) is -3.19. The van der Waals surface area contributed by atoms with Crippen molar-refractivity contribution in [3.05, 3.63) is 5.51 Å². The van der Waals surface area contributed by atoms with E-state index in [2.05, 4.69) is 15.5 Å². The number of imide groups is 1. The van der Waals surface area contributed by atoms with Gasteiger partial charge in [-0.3, -0.25) is 10.1 Å². The smallest absolute Gasteiger partial charge is 0.389 e. The van der Waals surface area contributed by atoms with Crippen molar-refractivity contribution in [1.29, 1.82) is 0 Å². The van der Waals surface area contributed by atoms with Gasteiger partial charge in [0.25, 0.3) is 0 Å². The molecule has 0 radical (unpaired) electrons. The number of hydrogen-bond acceptors (Lipinski definition) is 8. The minimum atomic E-state index is -2.26. The van der Waals surface area contributed by atoms with Crippen molar-refractivity contribution in [1.82, 2.24) is 15.5 Å². The van der Waals surface area contributed by atoms with Crippen molar-refractivity contribution >= 4 is 34.5 Å². The third-order valence-corrected chi connectivity index (χ3v) is 3.47. The first-order chi connectivity index (χ1) is 10.5. The van der Waals surface area contributed by atoms with Crippen LogP contribution in [0.1, 0.15) is 26.2 Å². The first kappa shape index (κ1) is 16.1. The Morgan fingerprint density at radius 2 is 2.27 bits per heavy atom. The molecule has 1 aliphatic heterocycles. The van der Waals surface area contributed by atoms with Crippen molar-refractivity contribution in [3.63, 3.8) is 0 Å². The van der Waals surface area contributed by atoms with Gasteiger partial charge in [0, 0.05) is 0 Å². The molecule has 10 nitrogen and oxygen atoms in total. The van der Waals surface area contributed by atoms with Gasteiger partial charge in [0.2, 0.25) is 5.13 Å². The number of primary amides is 1. The van der Waals surface area contributed by atoms with Crippen molar-refractivity contribution in [2.45, 2.75) is 32.1 Å². The molecule has 1 saturated heterocycles. The number of amides is 4. The minimum absolute atomic E-state index is 0.0367. The molecule has 1 aromatic heterocycles. The molecule has 2 rings (SSSR count). The number of anilines is 1. The number of aromatic nitrogens is 2. The van der Waals surface area contributed by atoms with E-state index in [1.165, 1.54) is 5.51 Å².